The largest absolute Gasteiger partial charge is 0.402 e. The molecule has 0 spiro atoms. The summed E-state index contributed by atoms with van der Waals surface area (Å²) < 4.78 is 86.9. The zero-order valence-electron chi connectivity index (χ0n) is 25.1. The monoisotopic (exact) mass is 650 g/mol. The topological polar surface area (TPSA) is 127 Å². The molecule has 0 aromatic heterocycles. The molecule has 9 nitrogen and oxygen atoms in total. The van der Waals surface area contributed by atoms with Gasteiger partial charge in [-0.25, -0.2) is 30.0 Å². The van der Waals surface area contributed by atoms with E-state index in [0.29, 0.717) is 12.5 Å². The fraction of sp³-hybridized carbons (Fsp3) is 0.379. The highest BCUT2D eigenvalue weighted by Gasteiger charge is 2.50. The molecule has 3 rings (SSSR count). The van der Waals surface area contributed by atoms with Crippen LogP contribution in [0.15, 0.2) is 71.6 Å². The third-order valence-electron chi connectivity index (χ3n) is 6.26. The molecule has 1 N–H and O–H groups in total. The van der Waals surface area contributed by atoms with Gasteiger partial charge >= 0.3 is 0 Å². The average Bonchev–Trinajstić information content (AvgIpc) is 2.82. The van der Waals surface area contributed by atoms with E-state index in [2.05, 4.69) is 37.6 Å². The SMILES string of the molecule is CC(C)(C)NS(=O)(=O)c1cc(CO[Si](c2ccccc2)(c2ccccc2)C(C)(C)C)c#cc1N(S(C)(=O)=O)S(C)(=O)=O. The van der Waals surface area contributed by atoms with Gasteiger partial charge in [0.2, 0.25) is 30.1 Å². The number of hydrogen-bond acceptors (Lipinski definition) is 7. The van der Waals surface area contributed by atoms with E-state index >= 15 is 0 Å². The van der Waals surface area contributed by atoms with Gasteiger partial charge in [0.05, 0.1) is 19.1 Å². The summed E-state index contributed by atoms with van der Waals surface area (Å²) in [6.45, 7) is 11.0. The van der Waals surface area contributed by atoms with Crippen LogP contribution in [-0.2, 0) is 41.1 Å². The summed E-state index contributed by atoms with van der Waals surface area (Å²) in [4.78, 5) is -0.576. The summed E-state index contributed by atoms with van der Waals surface area (Å²) >= 11 is 0. The van der Waals surface area contributed by atoms with Gasteiger partial charge in [-0.1, -0.05) is 87.5 Å². The molecular formula is C29H38N2O7S3Si. The number of benzene rings is 2. The van der Waals surface area contributed by atoms with E-state index in [0.717, 1.165) is 10.4 Å². The minimum absolute atomic E-state index is 0.0560. The van der Waals surface area contributed by atoms with Crippen molar-refractivity contribution in [3.05, 3.63) is 84.4 Å². The van der Waals surface area contributed by atoms with Crippen LogP contribution in [0.1, 0.15) is 47.1 Å². The number of nitrogens with one attached hydrogen (secondary N) is 1. The summed E-state index contributed by atoms with van der Waals surface area (Å²) in [5.41, 5.74) is -1.38. The van der Waals surface area contributed by atoms with Gasteiger partial charge in [0.15, 0.2) is 0 Å². The van der Waals surface area contributed by atoms with Gasteiger partial charge in [0.25, 0.3) is 8.32 Å². The Morgan fingerprint density at radius 3 is 1.60 bits per heavy atom. The minimum Gasteiger partial charge on any atom is -0.402 e. The van der Waals surface area contributed by atoms with Crippen LogP contribution in [0.5, 0.6) is 0 Å². The van der Waals surface area contributed by atoms with Crippen molar-refractivity contribution < 1.29 is 29.7 Å². The first-order valence-corrected chi connectivity index (χ1v) is 20.1. The Labute approximate surface area is 252 Å². The van der Waals surface area contributed by atoms with Crippen molar-refractivity contribution in [2.75, 3.05) is 16.2 Å². The summed E-state index contributed by atoms with van der Waals surface area (Å²) in [5.74, 6) is 0. The Hall–Kier alpha value is -2.73. The zero-order valence-corrected chi connectivity index (χ0v) is 28.5. The summed E-state index contributed by atoms with van der Waals surface area (Å²) in [5, 5.41) is 1.64. The van der Waals surface area contributed by atoms with Crippen molar-refractivity contribution in [2.24, 2.45) is 0 Å². The maximum Gasteiger partial charge on any atom is 0.261 e. The lowest BCUT2D eigenvalue weighted by atomic mass is 10.1. The molecule has 0 saturated carbocycles. The molecule has 0 unspecified atom stereocenters. The van der Waals surface area contributed by atoms with E-state index in [1.807, 2.05) is 60.7 Å². The fourth-order valence-corrected chi connectivity index (χ4v) is 14.0. The molecule has 0 fully saturated rings. The molecular weight excluding hydrogens is 613 g/mol. The second-order valence-electron chi connectivity index (χ2n) is 12.2. The Morgan fingerprint density at radius 2 is 1.21 bits per heavy atom. The molecule has 0 heterocycles. The number of hydrogen-bond donors (Lipinski definition) is 1. The van der Waals surface area contributed by atoms with Crippen LogP contribution in [0, 0.1) is 12.1 Å². The Morgan fingerprint density at radius 1 is 0.762 bits per heavy atom. The molecule has 0 radical (unpaired) electrons. The normalized spacial score (nSPS) is 13.4. The quantitative estimate of drug-likeness (QED) is 0.334. The molecule has 0 aliphatic carbocycles. The Balaban J connectivity index is 2.26. The fourth-order valence-electron chi connectivity index (χ4n) is 4.87. The van der Waals surface area contributed by atoms with Gasteiger partial charge in [-0.3, -0.25) is 0 Å². The smallest absolute Gasteiger partial charge is 0.261 e. The molecule has 228 valence electrons. The van der Waals surface area contributed by atoms with Crippen LogP contribution in [0.25, 0.3) is 0 Å². The predicted octanol–water partition coefficient (Wildman–Crippen LogP) is 3.17. The molecule has 13 heteroatoms. The first-order valence-electron chi connectivity index (χ1n) is 13.1. The maximum atomic E-state index is 13.6. The maximum absolute atomic E-state index is 13.6. The van der Waals surface area contributed by atoms with Gasteiger partial charge in [0.1, 0.15) is 10.6 Å². The van der Waals surface area contributed by atoms with Crippen molar-refractivity contribution in [2.45, 2.75) is 63.6 Å². The zero-order chi connectivity index (χ0) is 31.8. The standard InChI is InChI=1S/C29H38N2O7S3Si/c1-28(2,3)30-41(36,37)27-21-23(19-20-26(27)31(39(7,32)33)40(8,34)35)22-38-42(29(4,5)6,24-15-11-9-12-16-24)25-17-13-10-14-18-25/h9-18,21,30H,22H2,1-8H3. The highest BCUT2D eigenvalue weighted by molar-refractivity contribution is 8.09. The van der Waals surface area contributed by atoms with Gasteiger partial charge in [-0.2, -0.15) is 3.71 Å². The first kappa shape index (κ1) is 33.8. The van der Waals surface area contributed by atoms with E-state index in [1.165, 1.54) is 6.07 Å². The summed E-state index contributed by atoms with van der Waals surface area (Å²) in [6, 6.07) is 26.2. The minimum atomic E-state index is -4.46. The van der Waals surface area contributed by atoms with Crippen molar-refractivity contribution in [1.29, 1.82) is 0 Å². The van der Waals surface area contributed by atoms with Crippen LogP contribution < -0.4 is 18.8 Å². The van der Waals surface area contributed by atoms with E-state index in [-0.39, 0.29) is 20.9 Å². The molecule has 0 aliphatic heterocycles. The lowest BCUT2D eigenvalue weighted by Gasteiger charge is -2.43. The van der Waals surface area contributed by atoms with Gasteiger partial charge < -0.3 is 4.43 Å². The van der Waals surface area contributed by atoms with Crippen LogP contribution in [0.4, 0.5) is 5.69 Å². The van der Waals surface area contributed by atoms with Crippen LogP contribution in [-0.4, -0.2) is 51.6 Å². The van der Waals surface area contributed by atoms with Crippen molar-refractivity contribution in [3.8, 4) is 0 Å². The van der Waals surface area contributed by atoms with E-state index < -0.39 is 54.5 Å². The third kappa shape index (κ3) is 7.42. The van der Waals surface area contributed by atoms with Gasteiger partial charge in [-0.05, 0) is 48.3 Å². The van der Waals surface area contributed by atoms with Gasteiger partial charge in [-0.15, -0.1) is 0 Å². The third-order valence-corrected chi connectivity index (χ3v) is 16.2. The highest BCUT2D eigenvalue weighted by atomic mass is 32.3. The first-order chi connectivity index (χ1) is 19.1. The second kappa shape index (κ2) is 11.7. The van der Waals surface area contributed by atoms with Crippen molar-refractivity contribution in [3.63, 3.8) is 0 Å². The summed E-state index contributed by atoms with van der Waals surface area (Å²) in [7, 11) is -16.4. The summed E-state index contributed by atoms with van der Waals surface area (Å²) in [6.07, 6.45) is 1.35. The van der Waals surface area contributed by atoms with Gasteiger partial charge in [0, 0.05) is 11.1 Å². The molecule has 42 heavy (non-hydrogen) atoms. The van der Waals surface area contributed by atoms with E-state index in [1.54, 1.807) is 20.8 Å². The Kier molecular flexibility index (Phi) is 9.44. The van der Waals surface area contributed by atoms with Crippen LogP contribution in [0.2, 0.25) is 5.04 Å². The lowest BCUT2D eigenvalue weighted by molar-refractivity contribution is 0.286. The molecule has 3 aromatic rings. The predicted molar refractivity (Wildman–Crippen MR) is 169 cm³/mol. The molecule has 0 amide bonds. The molecule has 0 saturated heterocycles. The average molecular weight is 651 g/mol. The second-order valence-corrected chi connectivity index (χ2v) is 22.0. The molecule has 3 aromatic carbocycles. The van der Waals surface area contributed by atoms with Crippen LogP contribution in [0.3, 0.4) is 0 Å². The molecule has 0 aliphatic rings. The lowest BCUT2D eigenvalue weighted by Crippen LogP contribution is -2.66. The highest BCUT2D eigenvalue weighted by Crippen LogP contribution is 2.37. The molecule has 0 atom stereocenters. The van der Waals surface area contributed by atoms with Crippen molar-refractivity contribution in [1.82, 2.24) is 4.72 Å². The number of nitrogens with zero attached hydrogens (tertiary/aromatic N) is 1. The Bertz CT molecular complexity index is 1660. The van der Waals surface area contributed by atoms with E-state index in [4.69, 9.17) is 4.43 Å². The van der Waals surface area contributed by atoms with Crippen LogP contribution >= 0.6 is 0 Å². The number of rotatable bonds is 10. The number of sulfonamides is 3. The van der Waals surface area contributed by atoms with E-state index in [9.17, 15) is 25.3 Å². The van der Waals surface area contributed by atoms with Crippen molar-refractivity contribution >= 4 is 54.4 Å². The molecule has 0 bridgehead atoms. The number of anilines is 1.